The lowest BCUT2D eigenvalue weighted by Gasteiger charge is -2.31. The van der Waals surface area contributed by atoms with Crippen LogP contribution < -0.4 is 0 Å². The monoisotopic (exact) mass is 384 g/mol. The van der Waals surface area contributed by atoms with E-state index in [2.05, 4.69) is 39.3 Å². The number of nitrogens with zero attached hydrogens (tertiary/aromatic N) is 4. The van der Waals surface area contributed by atoms with Gasteiger partial charge in [0.25, 0.3) is 0 Å². The maximum Gasteiger partial charge on any atom is 0.231 e. The van der Waals surface area contributed by atoms with E-state index < -0.39 is 0 Å². The molecule has 7 nitrogen and oxygen atoms in total. The Kier molecular flexibility index (Phi) is 6.34. The van der Waals surface area contributed by atoms with Gasteiger partial charge in [-0.1, -0.05) is 35.5 Å². The van der Waals surface area contributed by atoms with E-state index in [-0.39, 0.29) is 11.8 Å². The minimum Gasteiger partial charge on any atom is -0.379 e. The summed E-state index contributed by atoms with van der Waals surface area (Å²) in [5, 5.41) is 4.16. The van der Waals surface area contributed by atoms with Gasteiger partial charge in [-0.3, -0.25) is 9.69 Å². The molecule has 2 fully saturated rings. The van der Waals surface area contributed by atoms with E-state index in [1.54, 1.807) is 0 Å². The summed E-state index contributed by atoms with van der Waals surface area (Å²) in [4.78, 5) is 21.2. The van der Waals surface area contributed by atoms with Crippen molar-refractivity contribution in [3.63, 3.8) is 0 Å². The van der Waals surface area contributed by atoms with E-state index in [9.17, 15) is 4.79 Å². The maximum absolute atomic E-state index is 12.3. The van der Waals surface area contributed by atoms with Gasteiger partial charge in [-0.2, -0.15) is 4.98 Å². The van der Waals surface area contributed by atoms with Crippen LogP contribution in [0.3, 0.4) is 0 Å². The average molecular weight is 384 g/mol. The molecule has 2 aliphatic rings. The molecule has 2 aromatic rings. The molecule has 0 bridgehead atoms. The van der Waals surface area contributed by atoms with Crippen LogP contribution in [-0.4, -0.2) is 65.2 Å². The molecule has 150 valence electrons. The van der Waals surface area contributed by atoms with Gasteiger partial charge < -0.3 is 14.2 Å². The summed E-state index contributed by atoms with van der Waals surface area (Å²) in [7, 11) is 0. The molecule has 1 amide bonds. The summed E-state index contributed by atoms with van der Waals surface area (Å²) in [6, 6.07) is 10.4. The van der Waals surface area contributed by atoms with Crippen molar-refractivity contribution in [3.8, 4) is 0 Å². The molecule has 2 saturated heterocycles. The van der Waals surface area contributed by atoms with Crippen LogP contribution in [0, 0.1) is 0 Å². The summed E-state index contributed by atoms with van der Waals surface area (Å²) >= 11 is 0. The molecule has 0 unspecified atom stereocenters. The van der Waals surface area contributed by atoms with Crippen LogP contribution in [0.1, 0.15) is 42.5 Å². The van der Waals surface area contributed by atoms with Gasteiger partial charge >= 0.3 is 0 Å². The fraction of sp³-hybridized carbons (Fsp3) is 0.571. The van der Waals surface area contributed by atoms with Crippen LogP contribution in [-0.2, 0) is 22.5 Å². The first kappa shape index (κ1) is 19.1. The number of likely N-dealkylation sites (tertiary alicyclic amines) is 1. The molecule has 1 aromatic heterocycles. The van der Waals surface area contributed by atoms with Crippen LogP contribution >= 0.6 is 0 Å². The number of benzene rings is 1. The Labute approximate surface area is 165 Å². The zero-order chi connectivity index (χ0) is 19.2. The van der Waals surface area contributed by atoms with E-state index in [0.29, 0.717) is 25.4 Å². The summed E-state index contributed by atoms with van der Waals surface area (Å²) < 4.78 is 10.9. The molecule has 2 aliphatic heterocycles. The largest absolute Gasteiger partial charge is 0.379 e. The van der Waals surface area contributed by atoms with Crippen LogP contribution in [0.2, 0.25) is 0 Å². The second-order valence-corrected chi connectivity index (χ2v) is 7.60. The molecule has 0 spiro atoms. The van der Waals surface area contributed by atoms with Gasteiger partial charge in [0.1, 0.15) is 0 Å². The first-order chi connectivity index (χ1) is 13.8. The first-order valence-corrected chi connectivity index (χ1v) is 10.2. The predicted octanol–water partition coefficient (Wildman–Crippen LogP) is 2.24. The van der Waals surface area contributed by atoms with E-state index in [0.717, 1.165) is 57.9 Å². The Hall–Kier alpha value is -2.25. The van der Waals surface area contributed by atoms with Crippen molar-refractivity contribution in [1.29, 1.82) is 0 Å². The van der Waals surface area contributed by atoms with Crippen molar-refractivity contribution in [2.75, 3.05) is 39.4 Å². The Morgan fingerprint density at radius 2 is 1.96 bits per heavy atom. The quantitative estimate of drug-likeness (QED) is 0.729. The molecule has 1 aromatic carbocycles. The Morgan fingerprint density at radius 1 is 1.14 bits per heavy atom. The second kappa shape index (κ2) is 9.30. The fourth-order valence-corrected chi connectivity index (χ4v) is 3.91. The molecule has 0 saturated carbocycles. The molecule has 0 aliphatic carbocycles. The maximum atomic E-state index is 12.3. The lowest BCUT2D eigenvalue weighted by atomic mass is 9.97. The van der Waals surface area contributed by atoms with Crippen molar-refractivity contribution in [1.82, 2.24) is 19.9 Å². The summed E-state index contributed by atoms with van der Waals surface area (Å²) in [6.45, 7) is 5.46. The molecule has 3 heterocycles. The highest BCUT2D eigenvalue weighted by Gasteiger charge is 2.30. The van der Waals surface area contributed by atoms with Gasteiger partial charge in [0.15, 0.2) is 5.82 Å². The fourth-order valence-electron chi connectivity index (χ4n) is 3.91. The third-order valence-electron chi connectivity index (χ3n) is 5.54. The zero-order valence-electron chi connectivity index (χ0n) is 16.3. The number of carbonyl (C=O) groups excluding carboxylic acids is 1. The topological polar surface area (TPSA) is 71.7 Å². The molecule has 7 heteroatoms. The number of carbonyl (C=O) groups is 1. The number of aryl methyl sites for hydroxylation is 1. The van der Waals surface area contributed by atoms with Crippen molar-refractivity contribution in [2.45, 2.75) is 38.1 Å². The number of aromatic nitrogens is 2. The van der Waals surface area contributed by atoms with Gasteiger partial charge in [0, 0.05) is 32.6 Å². The minimum absolute atomic E-state index is 0.139. The number of ether oxygens (including phenoxy) is 1. The summed E-state index contributed by atoms with van der Waals surface area (Å²) in [5.74, 6) is 1.77. The summed E-state index contributed by atoms with van der Waals surface area (Å²) in [6.07, 6.45) is 3.29. The molecule has 1 atom stereocenters. The normalized spacial score (nSPS) is 21.2. The van der Waals surface area contributed by atoms with Crippen LogP contribution in [0.5, 0.6) is 0 Å². The number of amides is 1. The number of morpholine rings is 1. The molecular weight excluding hydrogens is 356 g/mol. The predicted molar refractivity (Wildman–Crippen MR) is 104 cm³/mol. The van der Waals surface area contributed by atoms with Crippen molar-refractivity contribution >= 4 is 5.91 Å². The highest BCUT2D eigenvalue weighted by Crippen LogP contribution is 2.27. The molecule has 0 radical (unpaired) electrons. The second-order valence-electron chi connectivity index (χ2n) is 7.60. The Balaban J connectivity index is 1.29. The summed E-state index contributed by atoms with van der Waals surface area (Å²) in [5.41, 5.74) is 1.31. The Morgan fingerprint density at radius 3 is 2.79 bits per heavy atom. The van der Waals surface area contributed by atoms with Crippen LogP contribution in [0.15, 0.2) is 34.9 Å². The highest BCUT2D eigenvalue weighted by molar-refractivity contribution is 5.77. The van der Waals surface area contributed by atoms with Crippen molar-refractivity contribution < 1.29 is 14.1 Å². The van der Waals surface area contributed by atoms with Gasteiger partial charge in [0.05, 0.1) is 25.7 Å². The lowest BCUT2D eigenvalue weighted by Crippen LogP contribution is -2.40. The van der Waals surface area contributed by atoms with Crippen LogP contribution in [0.25, 0.3) is 0 Å². The standard InChI is InChI=1S/C21H28N4O3/c26-20-9-8-18(15-25(20)10-4-7-17-5-2-1-3-6-17)21-22-19(23-28-21)16-24-11-13-27-14-12-24/h1-3,5-6,18H,4,7-16H2/t18-/m0/s1. The SMILES string of the molecule is O=C1CC[C@H](c2nc(CN3CCOCC3)no2)CN1CCCc1ccccc1. The van der Waals surface area contributed by atoms with Gasteiger partial charge in [-0.15, -0.1) is 0 Å². The van der Waals surface area contributed by atoms with Gasteiger partial charge in [-0.25, -0.2) is 0 Å². The number of piperidine rings is 1. The first-order valence-electron chi connectivity index (χ1n) is 10.2. The van der Waals surface area contributed by atoms with Crippen molar-refractivity contribution in [3.05, 3.63) is 47.6 Å². The molecule has 0 N–H and O–H groups in total. The Bertz CT molecular complexity index is 758. The van der Waals surface area contributed by atoms with Gasteiger partial charge in [0.2, 0.25) is 11.8 Å². The van der Waals surface area contributed by atoms with Crippen LogP contribution in [0.4, 0.5) is 0 Å². The number of hydrogen-bond donors (Lipinski definition) is 0. The number of hydrogen-bond acceptors (Lipinski definition) is 6. The highest BCUT2D eigenvalue weighted by atomic mass is 16.5. The number of rotatable bonds is 7. The minimum atomic E-state index is 0.139. The lowest BCUT2D eigenvalue weighted by molar-refractivity contribution is -0.134. The van der Waals surface area contributed by atoms with E-state index >= 15 is 0 Å². The van der Waals surface area contributed by atoms with E-state index in [1.165, 1.54) is 5.56 Å². The molecule has 28 heavy (non-hydrogen) atoms. The van der Waals surface area contributed by atoms with E-state index in [4.69, 9.17) is 9.26 Å². The third kappa shape index (κ3) is 4.97. The smallest absolute Gasteiger partial charge is 0.231 e. The zero-order valence-corrected chi connectivity index (χ0v) is 16.3. The van der Waals surface area contributed by atoms with Gasteiger partial charge in [-0.05, 0) is 24.8 Å². The molecule has 4 rings (SSSR count). The molecular formula is C21H28N4O3. The van der Waals surface area contributed by atoms with Crippen molar-refractivity contribution in [2.24, 2.45) is 0 Å². The van der Waals surface area contributed by atoms with E-state index in [1.807, 2.05) is 11.0 Å². The third-order valence-corrected chi connectivity index (χ3v) is 5.54. The average Bonchev–Trinajstić information content (AvgIpc) is 3.19.